The van der Waals surface area contributed by atoms with E-state index in [-0.39, 0.29) is 6.61 Å². The summed E-state index contributed by atoms with van der Waals surface area (Å²) >= 11 is 0. The Morgan fingerprint density at radius 2 is 1.94 bits per heavy atom. The topological polar surface area (TPSA) is 38.7 Å². The predicted molar refractivity (Wildman–Crippen MR) is 58.9 cm³/mol. The largest absolute Gasteiger partial charge is 0.496 e. The summed E-state index contributed by atoms with van der Waals surface area (Å²) in [7, 11) is 2.96. The van der Waals surface area contributed by atoms with Crippen molar-refractivity contribution in [2.75, 3.05) is 14.2 Å². The van der Waals surface area contributed by atoms with E-state index in [1.807, 2.05) is 0 Å². The zero-order valence-corrected chi connectivity index (χ0v) is 10.0. The van der Waals surface area contributed by atoms with Crippen LogP contribution in [0.25, 0.3) is 0 Å². The molecular weight excluding hydrogens is 211 g/mol. The van der Waals surface area contributed by atoms with Gasteiger partial charge in [0.15, 0.2) is 0 Å². The van der Waals surface area contributed by atoms with Crippen LogP contribution in [0.2, 0.25) is 0 Å². The first kappa shape index (κ1) is 12.9. The number of benzene rings is 1. The van der Waals surface area contributed by atoms with Crippen LogP contribution in [0.1, 0.15) is 25.0 Å². The molecule has 0 fully saturated rings. The fourth-order valence-electron chi connectivity index (χ4n) is 1.76. The van der Waals surface area contributed by atoms with E-state index in [4.69, 9.17) is 9.47 Å². The van der Waals surface area contributed by atoms with Crippen molar-refractivity contribution in [3.05, 3.63) is 29.1 Å². The van der Waals surface area contributed by atoms with E-state index in [1.165, 1.54) is 26.4 Å². The molecule has 3 nitrogen and oxygen atoms in total. The van der Waals surface area contributed by atoms with E-state index >= 15 is 0 Å². The van der Waals surface area contributed by atoms with Crippen molar-refractivity contribution in [1.29, 1.82) is 0 Å². The van der Waals surface area contributed by atoms with Crippen molar-refractivity contribution in [3.63, 3.8) is 0 Å². The average Bonchev–Trinajstić information content (AvgIpc) is 2.15. The molecule has 90 valence electrons. The second kappa shape index (κ2) is 4.80. The normalized spacial score (nSPS) is 11.6. The molecule has 4 heteroatoms. The minimum Gasteiger partial charge on any atom is -0.496 e. The van der Waals surface area contributed by atoms with Crippen molar-refractivity contribution >= 4 is 0 Å². The van der Waals surface area contributed by atoms with Crippen LogP contribution in [0, 0.1) is 5.82 Å². The molecule has 0 unspecified atom stereocenters. The number of hydrogen-bond acceptors (Lipinski definition) is 3. The van der Waals surface area contributed by atoms with Crippen LogP contribution in [0.3, 0.4) is 0 Å². The van der Waals surface area contributed by atoms with E-state index in [0.29, 0.717) is 16.9 Å². The van der Waals surface area contributed by atoms with Crippen LogP contribution in [-0.2, 0) is 16.9 Å². The molecule has 0 aliphatic heterocycles. The molecule has 1 aromatic rings. The van der Waals surface area contributed by atoms with Gasteiger partial charge in [-0.25, -0.2) is 4.39 Å². The minimum atomic E-state index is -1.10. The van der Waals surface area contributed by atoms with Gasteiger partial charge < -0.3 is 14.6 Å². The van der Waals surface area contributed by atoms with Crippen molar-refractivity contribution in [1.82, 2.24) is 0 Å². The van der Waals surface area contributed by atoms with Crippen LogP contribution in [-0.4, -0.2) is 19.3 Å². The SMILES string of the molecule is COCc1cc(F)cc(OC)c1C(C)(C)O. The Balaban J connectivity index is 3.39. The van der Waals surface area contributed by atoms with Crippen LogP contribution in [0.5, 0.6) is 5.75 Å². The van der Waals surface area contributed by atoms with Gasteiger partial charge in [-0.3, -0.25) is 0 Å². The standard InChI is InChI=1S/C12H17FO3/c1-12(2,14)11-8(7-15-3)5-9(13)6-10(11)16-4/h5-6,14H,7H2,1-4H3. The molecule has 16 heavy (non-hydrogen) atoms. The highest BCUT2D eigenvalue weighted by Gasteiger charge is 2.25. The van der Waals surface area contributed by atoms with E-state index in [1.54, 1.807) is 13.8 Å². The lowest BCUT2D eigenvalue weighted by Crippen LogP contribution is -2.20. The van der Waals surface area contributed by atoms with Crippen molar-refractivity contribution < 1.29 is 19.0 Å². The molecule has 0 heterocycles. The van der Waals surface area contributed by atoms with Crippen LogP contribution < -0.4 is 4.74 Å². The summed E-state index contributed by atoms with van der Waals surface area (Å²) in [5.41, 5.74) is 0.0394. The lowest BCUT2D eigenvalue weighted by molar-refractivity contribution is 0.0715. The van der Waals surface area contributed by atoms with Gasteiger partial charge in [-0.05, 0) is 25.5 Å². The molecule has 0 bridgehead atoms. The molecule has 1 rings (SSSR count). The van der Waals surface area contributed by atoms with E-state index in [2.05, 4.69) is 0 Å². The van der Waals surface area contributed by atoms with Crippen LogP contribution in [0.15, 0.2) is 12.1 Å². The van der Waals surface area contributed by atoms with Crippen molar-refractivity contribution in [3.8, 4) is 5.75 Å². The molecule has 0 spiro atoms. The first-order valence-electron chi connectivity index (χ1n) is 4.98. The van der Waals surface area contributed by atoms with Gasteiger partial charge in [-0.15, -0.1) is 0 Å². The number of ether oxygens (including phenoxy) is 2. The van der Waals surface area contributed by atoms with Crippen LogP contribution >= 0.6 is 0 Å². The Labute approximate surface area is 94.8 Å². The van der Waals surface area contributed by atoms with Gasteiger partial charge in [0, 0.05) is 18.7 Å². The van der Waals surface area contributed by atoms with Gasteiger partial charge >= 0.3 is 0 Å². The van der Waals surface area contributed by atoms with Gasteiger partial charge in [0.1, 0.15) is 11.6 Å². The summed E-state index contributed by atoms with van der Waals surface area (Å²) in [5, 5.41) is 10.0. The minimum absolute atomic E-state index is 0.230. The lowest BCUT2D eigenvalue weighted by Gasteiger charge is -2.24. The van der Waals surface area contributed by atoms with Gasteiger partial charge in [0.2, 0.25) is 0 Å². The zero-order chi connectivity index (χ0) is 12.3. The van der Waals surface area contributed by atoms with Gasteiger partial charge in [-0.1, -0.05) is 0 Å². The van der Waals surface area contributed by atoms with Gasteiger partial charge in [0.25, 0.3) is 0 Å². The molecule has 0 radical (unpaired) electrons. The molecule has 0 saturated carbocycles. The van der Waals surface area contributed by atoms with Crippen LogP contribution in [0.4, 0.5) is 4.39 Å². The molecule has 0 aliphatic carbocycles. The van der Waals surface area contributed by atoms with Gasteiger partial charge in [-0.2, -0.15) is 0 Å². The summed E-state index contributed by atoms with van der Waals surface area (Å²) < 4.78 is 23.4. The lowest BCUT2D eigenvalue weighted by atomic mass is 9.92. The third kappa shape index (κ3) is 2.71. The summed E-state index contributed by atoms with van der Waals surface area (Å²) in [6.07, 6.45) is 0. The summed E-state index contributed by atoms with van der Waals surface area (Å²) in [4.78, 5) is 0. The smallest absolute Gasteiger partial charge is 0.128 e. The molecule has 0 amide bonds. The summed E-state index contributed by atoms with van der Waals surface area (Å²) in [6.45, 7) is 3.48. The van der Waals surface area contributed by atoms with Gasteiger partial charge in [0.05, 0.1) is 19.3 Å². The fraction of sp³-hybridized carbons (Fsp3) is 0.500. The Morgan fingerprint density at radius 3 is 2.38 bits per heavy atom. The molecule has 0 aromatic heterocycles. The predicted octanol–water partition coefficient (Wildman–Crippen LogP) is 2.21. The Bertz CT molecular complexity index is 369. The fourth-order valence-corrected chi connectivity index (χ4v) is 1.76. The third-order valence-corrected chi connectivity index (χ3v) is 2.28. The maximum atomic E-state index is 13.3. The number of rotatable bonds is 4. The number of halogens is 1. The maximum Gasteiger partial charge on any atom is 0.128 e. The van der Waals surface area contributed by atoms with E-state index < -0.39 is 11.4 Å². The number of hydrogen-bond donors (Lipinski definition) is 1. The molecule has 1 aromatic carbocycles. The second-order valence-electron chi connectivity index (χ2n) is 4.13. The summed E-state index contributed by atoms with van der Waals surface area (Å²) in [5.74, 6) is -0.0727. The Hall–Kier alpha value is -1.13. The monoisotopic (exact) mass is 228 g/mol. The highest BCUT2D eigenvalue weighted by Crippen LogP contribution is 2.34. The molecule has 0 aliphatic rings. The highest BCUT2D eigenvalue weighted by molar-refractivity contribution is 5.44. The molecule has 0 saturated heterocycles. The number of aliphatic hydroxyl groups is 1. The Morgan fingerprint density at radius 1 is 1.31 bits per heavy atom. The second-order valence-corrected chi connectivity index (χ2v) is 4.13. The average molecular weight is 228 g/mol. The maximum absolute atomic E-state index is 13.3. The van der Waals surface area contributed by atoms with E-state index in [0.717, 1.165) is 0 Å². The van der Waals surface area contributed by atoms with Crippen molar-refractivity contribution in [2.24, 2.45) is 0 Å². The quantitative estimate of drug-likeness (QED) is 0.858. The molecule has 0 atom stereocenters. The van der Waals surface area contributed by atoms with Crippen molar-refractivity contribution in [2.45, 2.75) is 26.1 Å². The zero-order valence-electron chi connectivity index (χ0n) is 10.0. The molecular formula is C12H17FO3. The first-order valence-corrected chi connectivity index (χ1v) is 4.98. The number of methoxy groups -OCH3 is 2. The van der Waals surface area contributed by atoms with E-state index in [9.17, 15) is 9.50 Å². The first-order chi connectivity index (χ1) is 7.40. The third-order valence-electron chi connectivity index (χ3n) is 2.28. The highest BCUT2D eigenvalue weighted by atomic mass is 19.1. The summed E-state index contributed by atoms with van der Waals surface area (Å²) in [6, 6.07) is 2.60. The molecule has 1 N–H and O–H groups in total. The Kier molecular flexibility index (Phi) is 3.88.